The molecule has 168 valence electrons. The summed E-state index contributed by atoms with van der Waals surface area (Å²) in [6.07, 6.45) is 6.90. The van der Waals surface area contributed by atoms with Crippen LogP contribution in [0.4, 0.5) is 0 Å². The van der Waals surface area contributed by atoms with Gasteiger partial charge in [-0.25, -0.2) is 4.99 Å². The highest BCUT2D eigenvalue weighted by Crippen LogP contribution is 2.26. The van der Waals surface area contributed by atoms with Crippen LogP contribution < -0.4 is 5.32 Å². The average molecular weight is 536 g/mol. The quantitative estimate of drug-likeness (QED) is 0.350. The molecule has 1 aromatic heterocycles. The summed E-state index contributed by atoms with van der Waals surface area (Å²) in [6, 6.07) is 8.51. The van der Waals surface area contributed by atoms with Gasteiger partial charge in [-0.15, -0.1) is 24.0 Å². The predicted molar refractivity (Wildman–Crippen MR) is 133 cm³/mol. The maximum atomic E-state index is 11.8. The van der Waals surface area contributed by atoms with Crippen molar-refractivity contribution < 1.29 is 4.79 Å². The Morgan fingerprint density at radius 3 is 2.65 bits per heavy atom. The van der Waals surface area contributed by atoms with Crippen molar-refractivity contribution in [1.82, 2.24) is 24.9 Å². The van der Waals surface area contributed by atoms with Gasteiger partial charge in [-0.1, -0.05) is 24.3 Å². The number of aliphatic imine (C=N–C) groups is 1. The van der Waals surface area contributed by atoms with Gasteiger partial charge < -0.3 is 15.1 Å². The third-order valence-electron chi connectivity index (χ3n) is 6.00. The van der Waals surface area contributed by atoms with Crippen molar-refractivity contribution in [2.24, 2.45) is 12.0 Å². The third-order valence-corrected chi connectivity index (χ3v) is 6.00. The van der Waals surface area contributed by atoms with E-state index in [1.165, 1.54) is 16.7 Å². The number of likely N-dealkylation sites (tertiary alicyclic amines) is 2. The van der Waals surface area contributed by atoms with Crippen LogP contribution in [0.5, 0.6) is 0 Å². The van der Waals surface area contributed by atoms with Gasteiger partial charge in [0.1, 0.15) is 0 Å². The Bertz CT molecular complexity index is 894. The van der Waals surface area contributed by atoms with Crippen LogP contribution in [0.25, 0.3) is 0 Å². The summed E-state index contributed by atoms with van der Waals surface area (Å²) in [5, 5.41) is 7.76. The number of nitrogens with one attached hydrogen (secondary N) is 1. The van der Waals surface area contributed by atoms with Crippen LogP contribution in [0.1, 0.15) is 48.8 Å². The molecule has 0 saturated carbocycles. The van der Waals surface area contributed by atoms with E-state index in [0.717, 1.165) is 45.0 Å². The van der Waals surface area contributed by atoms with E-state index in [1.54, 1.807) is 0 Å². The average Bonchev–Trinajstić information content (AvgIpc) is 3.48. The van der Waals surface area contributed by atoms with Gasteiger partial charge in [0.25, 0.3) is 0 Å². The Kier molecular flexibility index (Phi) is 8.34. The molecule has 31 heavy (non-hydrogen) atoms. The largest absolute Gasteiger partial charge is 0.357 e. The molecule has 1 aromatic carbocycles. The van der Waals surface area contributed by atoms with Crippen molar-refractivity contribution in [3.8, 4) is 0 Å². The van der Waals surface area contributed by atoms with Gasteiger partial charge in [0, 0.05) is 58.3 Å². The second-order valence-corrected chi connectivity index (χ2v) is 8.28. The standard InChI is InChI=1S/C23H32N6O.HI/c1-3-24-23(29-12-10-20(17-29)21-14-26-27(2)16-21)25-13-18-6-8-19(9-7-18)15-28-11-4-5-22(28)30;/h6-9,14,16,20H,3-5,10-13,15,17H2,1-2H3,(H,24,25);1H. The molecule has 1 unspecified atom stereocenters. The molecule has 1 amide bonds. The van der Waals surface area contributed by atoms with Crippen LogP contribution in [0.2, 0.25) is 0 Å². The lowest BCUT2D eigenvalue weighted by Gasteiger charge is -2.21. The smallest absolute Gasteiger partial charge is 0.222 e. The van der Waals surface area contributed by atoms with E-state index in [0.29, 0.717) is 25.4 Å². The number of nitrogens with zero attached hydrogens (tertiary/aromatic N) is 5. The summed E-state index contributed by atoms with van der Waals surface area (Å²) in [7, 11) is 1.97. The van der Waals surface area contributed by atoms with Crippen molar-refractivity contribution in [1.29, 1.82) is 0 Å². The highest BCUT2D eigenvalue weighted by Gasteiger charge is 2.27. The van der Waals surface area contributed by atoms with E-state index < -0.39 is 0 Å². The Morgan fingerprint density at radius 2 is 2.00 bits per heavy atom. The number of hydrogen-bond acceptors (Lipinski definition) is 3. The lowest BCUT2D eigenvalue weighted by molar-refractivity contribution is -0.128. The van der Waals surface area contributed by atoms with Crippen molar-refractivity contribution in [2.45, 2.75) is 45.2 Å². The fourth-order valence-corrected chi connectivity index (χ4v) is 4.31. The number of amides is 1. The van der Waals surface area contributed by atoms with Crippen LogP contribution in [-0.4, -0.2) is 57.6 Å². The van der Waals surface area contributed by atoms with Gasteiger partial charge >= 0.3 is 0 Å². The molecule has 7 nitrogen and oxygen atoms in total. The first-order valence-electron chi connectivity index (χ1n) is 11.0. The summed E-state index contributed by atoms with van der Waals surface area (Å²) in [5.74, 6) is 1.76. The molecule has 2 fully saturated rings. The Morgan fingerprint density at radius 1 is 1.23 bits per heavy atom. The second-order valence-electron chi connectivity index (χ2n) is 8.28. The van der Waals surface area contributed by atoms with E-state index in [1.807, 2.05) is 22.8 Å². The number of benzene rings is 1. The normalized spacial score (nSPS) is 19.1. The molecule has 2 aliphatic rings. The number of aromatic nitrogens is 2. The Balaban J connectivity index is 0.00000272. The minimum Gasteiger partial charge on any atom is -0.357 e. The summed E-state index contributed by atoms with van der Waals surface area (Å²) in [6.45, 7) is 7.20. The summed E-state index contributed by atoms with van der Waals surface area (Å²) >= 11 is 0. The van der Waals surface area contributed by atoms with E-state index >= 15 is 0 Å². The topological polar surface area (TPSA) is 65.8 Å². The molecule has 0 bridgehead atoms. The summed E-state index contributed by atoms with van der Waals surface area (Å²) in [4.78, 5) is 21.0. The van der Waals surface area contributed by atoms with Gasteiger partial charge in [0.15, 0.2) is 5.96 Å². The van der Waals surface area contributed by atoms with E-state index in [4.69, 9.17) is 4.99 Å². The molecule has 4 rings (SSSR count). The van der Waals surface area contributed by atoms with E-state index in [2.05, 4.69) is 52.7 Å². The minimum absolute atomic E-state index is 0. The van der Waals surface area contributed by atoms with Crippen LogP contribution in [0.3, 0.4) is 0 Å². The maximum Gasteiger partial charge on any atom is 0.222 e. The van der Waals surface area contributed by atoms with Crippen molar-refractivity contribution in [3.05, 3.63) is 53.3 Å². The monoisotopic (exact) mass is 536 g/mol. The number of carbonyl (C=O) groups excluding carboxylic acids is 1. The number of carbonyl (C=O) groups is 1. The molecular formula is C23H33IN6O. The van der Waals surface area contributed by atoms with Crippen molar-refractivity contribution in [3.63, 3.8) is 0 Å². The molecule has 2 aliphatic heterocycles. The molecule has 2 saturated heterocycles. The highest BCUT2D eigenvalue weighted by molar-refractivity contribution is 14.0. The molecule has 1 N–H and O–H groups in total. The number of hydrogen-bond donors (Lipinski definition) is 1. The summed E-state index contributed by atoms with van der Waals surface area (Å²) < 4.78 is 1.88. The first-order valence-corrected chi connectivity index (χ1v) is 11.0. The maximum absolute atomic E-state index is 11.8. The van der Waals surface area contributed by atoms with Crippen LogP contribution in [-0.2, 0) is 24.9 Å². The molecule has 3 heterocycles. The second kappa shape index (κ2) is 11.0. The number of aryl methyl sites for hydroxylation is 1. The zero-order chi connectivity index (χ0) is 20.9. The van der Waals surface area contributed by atoms with Gasteiger partial charge in [-0.2, -0.15) is 5.10 Å². The van der Waals surface area contributed by atoms with Gasteiger partial charge in [0.2, 0.25) is 5.91 Å². The third kappa shape index (κ3) is 5.99. The number of halogens is 1. The van der Waals surface area contributed by atoms with Gasteiger partial charge in [-0.3, -0.25) is 9.48 Å². The fourth-order valence-electron chi connectivity index (χ4n) is 4.31. The Labute approximate surface area is 201 Å². The van der Waals surface area contributed by atoms with E-state index in [-0.39, 0.29) is 29.9 Å². The predicted octanol–water partition coefficient (Wildman–Crippen LogP) is 3.12. The zero-order valence-corrected chi connectivity index (χ0v) is 20.8. The minimum atomic E-state index is 0. The highest BCUT2D eigenvalue weighted by atomic mass is 127. The van der Waals surface area contributed by atoms with Crippen molar-refractivity contribution in [2.75, 3.05) is 26.2 Å². The van der Waals surface area contributed by atoms with Crippen LogP contribution in [0.15, 0.2) is 41.7 Å². The van der Waals surface area contributed by atoms with Crippen LogP contribution >= 0.6 is 24.0 Å². The first kappa shape index (κ1) is 23.6. The molecule has 0 spiro atoms. The molecule has 0 aliphatic carbocycles. The number of guanidine groups is 1. The van der Waals surface area contributed by atoms with Gasteiger partial charge in [0.05, 0.1) is 12.7 Å². The lowest BCUT2D eigenvalue weighted by Crippen LogP contribution is -2.40. The Hall–Kier alpha value is -2.10. The fraction of sp³-hybridized carbons (Fsp3) is 0.522. The van der Waals surface area contributed by atoms with Crippen molar-refractivity contribution >= 4 is 35.8 Å². The van der Waals surface area contributed by atoms with Gasteiger partial charge in [-0.05, 0) is 36.5 Å². The molecular weight excluding hydrogens is 503 g/mol. The molecule has 8 heteroatoms. The number of rotatable bonds is 6. The molecule has 0 radical (unpaired) electrons. The SMILES string of the molecule is CCNC(=NCc1ccc(CN2CCCC2=O)cc1)N1CCC(c2cnn(C)c2)C1.I. The van der Waals surface area contributed by atoms with E-state index in [9.17, 15) is 4.79 Å². The lowest BCUT2D eigenvalue weighted by atomic mass is 10.0. The molecule has 2 aromatic rings. The first-order chi connectivity index (χ1) is 14.6. The zero-order valence-electron chi connectivity index (χ0n) is 18.5. The van der Waals surface area contributed by atoms with Crippen LogP contribution in [0, 0.1) is 0 Å². The summed E-state index contributed by atoms with van der Waals surface area (Å²) in [5.41, 5.74) is 3.68. The molecule has 1 atom stereocenters.